The molecule has 0 spiro atoms. The number of sulfonamides is 1. The molecule has 2 rings (SSSR count). The molecule has 0 radical (unpaired) electrons. The highest BCUT2D eigenvalue weighted by Crippen LogP contribution is 2.24. The molecule has 0 fully saturated rings. The number of hydrogen-bond acceptors (Lipinski definition) is 3. The van der Waals surface area contributed by atoms with Gasteiger partial charge in [0.25, 0.3) is 5.91 Å². The van der Waals surface area contributed by atoms with E-state index in [4.69, 9.17) is 23.2 Å². The maximum absolute atomic E-state index is 12.4. The SMILES string of the molecule is CN(c1ccc(Cl)c(C(=O)NCc2ccccc2Cl)c1)S(C)(=O)=O. The summed E-state index contributed by atoms with van der Waals surface area (Å²) in [5.74, 6) is -0.413. The number of halogens is 2. The third kappa shape index (κ3) is 4.41. The lowest BCUT2D eigenvalue weighted by atomic mass is 10.1. The van der Waals surface area contributed by atoms with Crippen LogP contribution in [0.5, 0.6) is 0 Å². The van der Waals surface area contributed by atoms with Gasteiger partial charge in [-0.2, -0.15) is 0 Å². The van der Waals surface area contributed by atoms with Gasteiger partial charge in [-0.15, -0.1) is 0 Å². The van der Waals surface area contributed by atoms with E-state index in [0.717, 1.165) is 16.1 Å². The largest absolute Gasteiger partial charge is 0.348 e. The second-order valence-electron chi connectivity index (χ2n) is 5.17. The van der Waals surface area contributed by atoms with Gasteiger partial charge in [0.15, 0.2) is 0 Å². The molecule has 0 saturated heterocycles. The van der Waals surface area contributed by atoms with Gasteiger partial charge in [0.05, 0.1) is 22.5 Å². The van der Waals surface area contributed by atoms with Crippen molar-refractivity contribution in [3.8, 4) is 0 Å². The van der Waals surface area contributed by atoms with Crippen molar-refractivity contribution in [1.82, 2.24) is 5.32 Å². The third-order valence-electron chi connectivity index (χ3n) is 3.45. The molecule has 128 valence electrons. The Morgan fingerprint density at radius 2 is 1.79 bits per heavy atom. The van der Waals surface area contributed by atoms with Gasteiger partial charge in [-0.25, -0.2) is 8.42 Å². The van der Waals surface area contributed by atoms with Gasteiger partial charge in [-0.05, 0) is 29.8 Å². The van der Waals surface area contributed by atoms with Crippen LogP contribution in [0.25, 0.3) is 0 Å². The summed E-state index contributed by atoms with van der Waals surface area (Å²) in [7, 11) is -2.02. The van der Waals surface area contributed by atoms with Gasteiger partial charge in [-0.1, -0.05) is 41.4 Å². The number of carbonyl (C=O) groups is 1. The molecular weight excluding hydrogens is 371 g/mol. The van der Waals surface area contributed by atoms with E-state index in [1.165, 1.54) is 25.2 Å². The standard InChI is InChI=1S/C16H16Cl2N2O3S/c1-20(24(2,22)23)12-7-8-15(18)13(9-12)16(21)19-10-11-5-3-4-6-14(11)17/h3-9H,10H2,1-2H3,(H,19,21). The van der Waals surface area contributed by atoms with Crippen LogP contribution in [0.3, 0.4) is 0 Å². The smallest absolute Gasteiger partial charge is 0.253 e. The molecule has 0 aliphatic carbocycles. The van der Waals surface area contributed by atoms with Crippen LogP contribution in [0, 0.1) is 0 Å². The molecule has 2 aromatic carbocycles. The van der Waals surface area contributed by atoms with Crippen molar-refractivity contribution in [1.29, 1.82) is 0 Å². The summed E-state index contributed by atoms with van der Waals surface area (Å²) in [6, 6.07) is 11.6. The highest BCUT2D eigenvalue weighted by molar-refractivity contribution is 7.92. The van der Waals surface area contributed by atoms with Gasteiger partial charge in [-0.3, -0.25) is 9.10 Å². The number of anilines is 1. The molecule has 1 N–H and O–H groups in total. The molecule has 0 bridgehead atoms. The molecule has 0 aromatic heterocycles. The van der Waals surface area contributed by atoms with Crippen LogP contribution in [-0.2, 0) is 16.6 Å². The highest BCUT2D eigenvalue weighted by Gasteiger charge is 2.17. The highest BCUT2D eigenvalue weighted by atomic mass is 35.5. The van der Waals surface area contributed by atoms with E-state index in [1.807, 2.05) is 6.07 Å². The molecular formula is C16H16Cl2N2O3S. The zero-order valence-corrected chi connectivity index (χ0v) is 15.4. The van der Waals surface area contributed by atoms with Crippen molar-refractivity contribution < 1.29 is 13.2 Å². The normalized spacial score (nSPS) is 11.2. The molecule has 0 unspecified atom stereocenters. The molecule has 1 amide bonds. The Labute approximate surface area is 151 Å². The molecule has 0 aliphatic heterocycles. The summed E-state index contributed by atoms with van der Waals surface area (Å²) >= 11 is 12.1. The van der Waals surface area contributed by atoms with E-state index in [0.29, 0.717) is 10.7 Å². The van der Waals surface area contributed by atoms with Crippen LogP contribution in [-0.4, -0.2) is 27.6 Å². The lowest BCUT2D eigenvalue weighted by Crippen LogP contribution is -2.26. The minimum atomic E-state index is -3.43. The minimum Gasteiger partial charge on any atom is -0.348 e. The van der Waals surface area contributed by atoms with Crippen LogP contribution < -0.4 is 9.62 Å². The van der Waals surface area contributed by atoms with Gasteiger partial charge < -0.3 is 5.32 Å². The Morgan fingerprint density at radius 3 is 2.42 bits per heavy atom. The van der Waals surface area contributed by atoms with Gasteiger partial charge in [0.2, 0.25) is 10.0 Å². The molecule has 0 atom stereocenters. The van der Waals surface area contributed by atoms with E-state index in [-0.39, 0.29) is 17.1 Å². The number of nitrogens with zero attached hydrogens (tertiary/aromatic N) is 1. The Morgan fingerprint density at radius 1 is 1.12 bits per heavy atom. The maximum atomic E-state index is 12.4. The zero-order chi connectivity index (χ0) is 17.9. The van der Waals surface area contributed by atoms with Gasteiger partial charge >= 0.3 is 0 Å². The van der Waals surface area contributed by atoms with Crippen LogP contribution in [0.1, 0.15) is 15.9 Å². The molecule has 0 aliphatic rings. The maximum Gasteiger partial charge on any atom is 0.253 e. The first kappa shape index (κ1) is 18.6. The minimum absolute atomic E-state index is 0.191. The average molecular weight is 387 g/mol. The second kappa shape index (κ2) is 7.42. The molecule has 2 aromatic rings. The number of hydrogen-bond donors (Lipinski definition) is 1. The predicted molar refractivity (Wildman–Crippen MR) is 97.3 cm³/mol. The first-order chi connectivity index (χ1) is 11.2. The fraction of sp³-hybridized carbons (Fsp3) is 0.188. The Hall–Kier alpha value is -1.76. The van der Waals surface area contributed by atoms with Crippen LogP contribution in [0.4, 0.5) is 5.69 Å². The lowest BCUT2D eigenvalue weighted by Gasteiger charge is -2.18. The monoisotopic (exact) mass is 386 g/mol. The Kier molecular flexibility index (Phi) is 5.74. The van der Waals surface area contributed by atoms with Crippen molar-refractivity contribution >= 4 is 44.8 Å². The van der Waals surface area contributed by atoms with E-state index >= 15 is 0 Å². The number of nitrogens with one attached hydrogen (secondary N) is 1. The quantitative estimate of drug-likeness (QED) is 0.856. The van der Waals surface area contributed by atoms with Crippen molar-refractivity contribution in [3.05, 3.63) is 63.6 Å². The lowest BCUT2D eigenvalue weighted by molar-refractivity contribution is 0.0951. The fourth-order valence-electron chi connectivity index (χ4n) is 1.99. The van der Waals surface area contributed by atoms with Gasteiger partial charge in [0, 0.05) is 18.6 Å². The zero-order valence-electron chi connectivity index (χ0n) is 13.1. The van der Waals surface area contributed by atoms with Gasteiger partial charge in [0.1, 0.15) is 0 Å². The molecule has 8 heteroatoms. The Balaban J connectivity index is 2.21. The van der Waals surface area contributed by atoms with Crippen molar-refractivity contribution in [3.63, 3.8) is 0 Å². The van der Waals surface area contributed by atoms with Crippen LogP contribution in [0.15, 0.2) is 42.5 Å². The Bertz CT molecular complexity index is 869. The first-order valence-corrected chi connectivity index (χ1v) is 9.55. The first-order valence-electron chi connectivity index (χ1n) is 6.95. The van der Waals surface area contributed by atoms with Crippen molar-refractivity contribution in [2.24, 2.45) is 0 Å². The van der Waals surface area contributed by atoms with Crippen molar-refractivity contribution in [2.75, 3.05) is 17.6 Å². The fourth-order valence-corrected chi connectivity index (χ4v) is 2.89. The second-order valence-corrected chi connectivity index (χ2v) is 8.00. The number of carbonyl (C=O) groups excluding carboxylic acids is 1. The van der Waals surface area contributed by atoms with E-state index in [1.54, 1.807) is 18.2 Å². The predicted octanol–water partition coefficient (Wildman–Crippen LogP) is 3.32. The summed E-state index contributed by atoms with van der Waals surface area (Å²) in [6.07, 6.45) is 1.08. The molecule has 5 nitrogen and oxygen atoms in total. The average Bonchev–Trinajstić information content (AvgIpc) is 2.52. The summed E-state index contributed by atoms with van der Waals surface area (Å²) in [5, 5.41) is 3.51. The summed E-state index contributed by atoms with van der Waals surface area (Å²) in [5.41, 5.74) is 1.31. The summed E-state index contributed by atoms with van der Waals surface area (Å²) in [4.78, 5) is 12.4. The number of amides is 1. The number of benzene rings is 2. The van der Waals surface area contributed by atoms with E-state index in [2.05, 4.69) is 5.32 Å². The molecule has 0 heterocycles. The van der Waals surface area contributed by atoms with Crippen molar-refractivity contribution in [2.45, 2.75) is 6.54 Å². The topological polar surface area (TPSA) is 66.5 Å². The van der Waals surface area contributed by atoms with E-state index in [9.17, 15) is 13.2 Å². The third-order valence-corrected chi connectivity index (χ3v) is 5.36. The molecule has 24 heavy (non-hydrogen) atoms. The summed E-state index contributed by atoms with van der Waals surface area (Å²) in [6.45, 7) is 0.237. The summed E-state index contributed by atoms with van der Waals surface area (Å²) < 4.78 is 24.3. The molecule has 0 saturated carbocycles. The van der Waals surface area contributed by atoms with E-state index < -0.39 is 15.9 Å². The van der Waals surface area contributed by atoms with Crippen LogP contribution >= 0.6 is 23.2 Å². The van der Waals surface area contributed by atoms with Crippen LogP contribution in [0.2, 0.25) is 10.0 Å². The number of rotatable bonds is 5.